The van der Waals surface area contributed by atoms with Crippen molar-refractivity contribution in [1.82, 2.24) is 10.6 Å². The summed E-state index contributed by atoms with van der Waals surface area (Å²) in [6.07, 6.45) is -5.46. The SMILES string of the molecule is CCNCCOC(=O)NCC(F)(F)F. The molecule has 4 nitrogen and oxygen atoms in total. The van der Waals surface area contributed by atoms with E-state index in [4.69, 9.17) is 0 Å². The van der Waals surface area contributed by atoms with Crippen molar-refractivity contribution in [2.24, 2.45) is 0 Å². The quantitative estimate of drug-likeness (QED) is 0.668. The molecule has 0 aromatic rings. The molecule has 0 aromatic heterocycles. The molecule has 0 aromatic carbocycles. The monoisotopic (exact) mass is 214 g/mol. The normalized spacial score (nSPS) is 11.1. The summed E-state index contributed by atoms with van der Waals surface area (Å²) in [6.45, 7) is 1.69. The molecule has 0 spiro atoms. The van der Waals surface area contributed by atoms with Crippen LogP contribution < -0.4 is 10.6 Å². The van der Waals surface area contributed by atoms with Gasteiger partial charge in [-0.05, 0) is 6.54 Å². The van der Waals surface area contributed by atoms with Crippen molar-refractivity contribution in [1.29, 1.82) is 0 Å². The van der Waals surface area contributed by atoms with E-state index in [9.17, 15) is 18.0 Å². The van der Waals surface area contributed by atoms with Crippen LogP contribution >= 0.6 is 0 Å². The molecule has 0 heterocycles. The van der Waals surface area contributed by atoms with E-state index in [1.54, 1.807) is 5.32 Å². The van der Waals surface area contributed by atoms with Crippen LogP contribution in [0.2, 0.25) is 0 Å². The summed E-state index contributed by atoms with van der Waals surface area (Å²) in [4.78, 5) is 10.6. The molecular formula is C7H13F3N2O2. The number of rotatable bonds is 5. The first-order chi connectivity index (χ1) is 6.45. The molecule has 0 bridgehead atoms. The third-order valence-electron chi connectivity index (χ3n) is 1.20. The fourth-order valence-corrected chi connectivity index (χ4v) is 0.616. The van der Waals surface area contributed by atoms with Gasteiger partial charge < -0.3 is 15.4 Å². The van der Waals surface area contributed by atoms with Gasteiger partial charge in [-0.25, -0.2) is 4.79 Å². The Morgan fingerprint density at radius 2 is 2.07 bits per heavy atom. The van der Waals surface area contributed by atoms with Crippen molar-refractivity contribution >= 4 is 6.09 Å². The average molecular weight is 214 g/mol. The lowest BCUT2D eigenvalue weighted by atomic mass is 10.6. The van der Waals surface area contributed by atoms with Crippen LogP contribution in [0.3, 0.4) is 0 Å². The zero-order chi connectivity index (χ0) is 11.0. The Bertz CT molecular complexity index is 173. The summed E-state index contributed by atoms with van der Waals surface area (Å²) in [5.41, 5.74) is 0. The second-order valence-corrected chi connectivity index (χ2v) is 2.46. The van der Waals surface area contributed by atoms with Crippen LogP contribution in [0.15, 0.2) is 0 Å². The number of carbonyl (C=O) groups excluding carboxylic acids is 1. The predicted octanol–water partition coefficient (Wildman–Crippen LogP) is 0.884. The molecule has 7 heteroatoms. The highest BCUT2D eigenvalue weighted by molar-refractivity contribution is 5.67. The number of carbonyl (C=O) groups is 1. The molecule has 0 radical (unpaired) electrons. The van der Waals surface area contributed by atoms with Crippen LogP contribution in [0.4, 0.5) is 18.0 Å². The second-order valence-electron chi connectivity index (χ2n) is 2.46. The molecule has 0 aliphatic heterocycles. The molecule has 0 rings (SSSR count). The highest BCUT2D eigenvalue weighted by Crippen LogP contribution is 2.11. The summed E-state index contributed by atoms with van der Waals surface area (Å²) in [5.74, 6) is 0. The molecule has 0 unspecified atom stereocenters. The van der Waals surface area contributed by atoms with Gasteiger partial charge in [0.05, 0.1) is 0 Å². The number of nitrogens with one attached hydrogen (secondary N) is 2. The molecule has 0 saturated carbocycles. The molecule has 0 aliphatic rings. The number of halogens is 3. The van der Waals surface area contributed by atoms with Crippen LogP contribution in [-0.2, 0) is 4.74 Å². The fraction of sp³-hybridized carbons (Fsp3) is 0.857. The second kappa shape index (κ2) is 6.47. The Balaban J connectivity index is 3.38. The fourth-order valence-electron chi connectivity index (χ4n) is 0.616. The zero-order valence-electron chi connectivity index (χ0n) is 7.78. The summed E-state index contributed by atoms with van der Waals surface area (Å²) in [5, 5.41) is 4.43. The van der Waals surface area contributed by atoms with E-state index < -0.39 is 18.8 Å². The summed E-state index contributed by atoms with van der Waals surface area (Å²) in [6, 6.07) is 0. The summed E-state index contributed by atoms with van der Waals surface area (Å²) in [7, 11) is 0. The van der Waals surface area contributed by atoms with Gasteiger partial charge in [0.2, 0.25) is 0 Å². The van der Waals surface area contributed by atoms with Crippen LogP contribution in [0.1, 0.15) is 6.92 Å². The van der Waals surface area contributed by atoms with E-state index in [2.05, 4.69) is 10.1 Å². The van der Waals surface area contributed by atoms with Gasteiger partial charge in [0, 0.05) is 6.54 Å². The van der Waals surface area contributed by atoms with Gasteiger partial charge in [0.15, 0.2) is 0 Å². The van der Waals surface area contributed by atoms with Crippen LogP contribution in [0, 0.1) is 0 Å². The third kappa shape index (κ3) is 9.11. The van der Waals surface area contributed by atoms with Crippen molar-refractivity contribution in [3.8, 4) is 0 Å². The van der Waals surface area contributed by atoms with Gasteiger partial charge in [-0.3, -0.25) is 0 Å². The number of alkyl carbamates (subject to hydrolysis) is 1. The molecule has 2 N–H and O–H groups in total. The molecule has 0 atom stereocenters. The first-order valence-corrected chi connectivity index (χ1v) is 4.14. The topological polar surface area (TPSA) is 50.4 Å². The minimum Gasteiger partial charge on any atom is -0.448 e. The maximum absolute atomic E-state index is 11.6. The number of amides is 1. The first-order valence-electron chi connectivity index (χ1n) is 4.14. The number of likely N-dealkylation sites (N-methyl/N-ethyl adjacent to an activating group) is 1. The van der Waals surface area contributed by atoms with Crippen molar-refractivity contribution in [2.45, 2.75) is 13.1 Å². The zero-order valence-corrected chi connectivity index (χ0v) is 7.78. The molecule has 84 valence electrons. The van der Waals surface area contributed by atoms with Gasteiger partial charge in [0.25, 0.3) is 0 Å². The lowest BCUT2D eigenvalue weighted by Crippen LogP contribution is -2.35. The molecule has 0 saturated heterocycles. The number of hydrogen-bond acceptors (Lipinski definition) is 3. The van der Waals surface area contributed by atoms with Gasteiger partial charge in [-0.15, -0.1) is 0 Å². The first kappa shape index (κ1) is 13.0. The maximum atomic E-state index is 11.6. The van der Waals surface area contributed by atoms with E-state index in [-0.39, 0.29) is 6.61 Å². The predicted molar refractivity (Wildman–Crippen MR) is 43.9 cm³/mol. The van der Waals surface area contributed by atoms with Gasteiger partial charge in [-0.1, -0.05) is 6.92 Å². The van der Waals surface area contributed by atoms with Crippen LogP contribution in [0.25, 0.3) is 0 Å². The number of alkyl halides is 3. The minimum absolute atomic E-state index is 0.0531. The van der Waals surface area contributed by atoms with Crippen molar-refractivity contribution in [2.75, 3.05) is 26.2 Å². The Morgan fingerprint density at radius 1 is 1.43 bits per heavy atom. The molecule has 0 aliphatic carbocycles. The van der Waals surface area contributed by atoms with Crippen LogP contribution in [-0.4, -0.2) is 38.5 Å². The number of ether oxygens (including phenoxy) is 1. The molecular weight excluding hydrogens is 201 g/mol. The Kier molecular flexibility index (Phi) is 6.02. The van der Waals surface area contributed by atoms with E-state index in [0.29, 0.717) is 13.1 Å². The Hall–Kier alpha value is -0.980. The molecule has 1 amide bonds. The highest BCUT2D eigenvalue weighted by atomic mass is 19.4. The molecule has 0 fully saturated rings. The highest BCUT2D eigenvalue weighted by Gasteiger charge is 2.27. The van der Waals surface area contributed by atoms with E-state index in [1.165, 1.54) is 0 Å². The van der Waals surface area contributed by atoms with E-state index in [0.717, 1.165) is 0 Å². The van der Waals surface area contributed by atoms with Gasteiger partial charge in [0.1, 0.15) is 13.2 Å². The number of hydrogen-bond donors (Lipinski definition) is 2. The molecule has 14 heavy (non-hydrogen) atoms. The Labute approximate surface area is 79.8 Å². The van der Waals surface area contributed by atoms with Crippen molar-refractivity contribution in [3.63, 3.8) is 0 Å². The minimum atomic E-state index is -4.40. The van der Waals surface area contributed by atoms with Crippen molar-refractivity contribution < 1.29 is 22.7 Å². The maximum Gasteiger partial charge on any atom is 0.407 e. The van der Waals surface area contributed by atoms with Crippen molar-refractivity contribution in [3.05, 3.63) is 0 Å². The van der Waals surface area contributed by atoms with Gasteiger partial charge >= 0.3 is 12.3 Å². The third-order valence-corrected chi connectivity index (χ3v) is 1.20. The largest absolute Gasteiger partial charge is 0.448 e. The van der Waals surface area contributed by atoms with Gasteiger partial charge in [-0.2, -0.15) is 13.2 Å². The average Bonchev–Trinajstić information content (AvgIpc) is 2.08. The summed E-state index contributed by atoms with van der Waals surface area (Å²) >= 11 is 0. The standard InChI is InChI=1S/C7H13F3N2O2/c1-2-11-3-4-14-6(13)12-5-7(8,9)10/h11H,2-5H2,1H3,(H,12,13). The summed E-state index contributed by atoms with van der Waals surface area (Å²) < 4.78 is 39.2. The lowest BCUT2D eigenvalue weighted by Gasteiger charge is -2.08. The van der Waals surface area contributed by atoms with Crippen LogP contribution in [0.5, 0.6) is 0 Å². The smallest absolute Gasteiger partial charge is 0.407 e. The Morgan fingerprint density at radius 3 is 2.57 bits per heavy atom. The van der Waals surface area contributed by atoms with E-state index in [1.807, 2.05) is 6.92 Å². The lowest BCUT2D eigenvalue weighted by molar-refractivity contribution is -0.123. The van der Waals surface area contributed by atoms with E-state index >= 15 is 0 Å².